The second-order valence-electron chi connectivity index (χ2n) is 3.14. The Morgan fingerprint density at radius 3 is 2.42 bits per heavy atom. The number of rotatable bonds is 5. The van der Waals surface area contributed by atoms with Gasteiger partial charge in [-0.2, -0.15) is 0 Å². The SMILES string of the molecule is C/C=C(/CC=O)CCC=C(C)C. The summed E-state index contributed by atoms with van der Waals surface area (Å²) in [5.41, 5.74) is 2.58. The minimum atomic E-state index is 0.590. The van der Waals surface area contributed by atoms with Crippen molar-refractivity contribution < 1.29 is 4.79 Å². The zero-order valence-electron chi connectivity index (χ0n) is 8.26. The number of carbonyl (C=O) groups is 1. The van der Waals surface area contributed by atoms with Crippen LogP contribution < -0.4 is 0 Å². The summed E-state index contributed by atoms with van der Waals surface area (Å²) in [6.45, 7) is 6.17. The summed E-state index contributed by atoms with van der Waals surface area (Å²) in [6.07, 6.45) is 7.86. The molecule has 0 aromatic carbocycles. The Hall–Kier alpha value is -0.850. The van der Waals surface area contributed by atoms with E-state index in [4.69, 9.17) is 0 Å². The first-order chi connectivity index (χ1) is 5.70. The lowest BCUT2D eigenvalue weighted by molar-refractivity contribution is -0.107. The van der Waals surface area contributed by atoms with Gasteiger partial charge in [0.15, 0.2) is 0 Å². The number of hydrogen-bond acceptors (Lipinski definition) is 1. The van der Waals surface area contributed by atoms with E-state index in [2.05, 4.69) is 19.9 Å². The highest BCUT2D eigenvalue weighted by Gasteiger charge is 1.92. The molecule has 0 radical (unpaired) electrons. The van der Waals surface area contributed by atoms with Gasteiger partial charge in [0, 0.05) is 6.42 Å². The first-order valence-corrected chi connectivity index (χ1v) is 4.41. The molecule has 12 heavy (non-hydrogen) atoms. The molecule has 0 spiro atoms. The van der Waals surface area contributed by atoms with E-state index in [-0.39, 0.29) is 0 Å². The van der Waals surface area contributed by atoms with E-state index in [1.165, 1.54) is 11.1 Å². The van der Waals surface area contributed by atoms with Crippen molar-refractivity contribution in [3.63, 3.8) is 0 Å². The third-order valence-corrected chi connectivity index (χ3v) is 1.77. The second kappa shape index (κ2) is 6.84. The molecule has 0 aliphatic rings. The van der Waals surface area contributed by atoms with Crippen LogP contribution in [0.4, 0.5) is 0 Å². The van der Waals surface area contributed by atoms with Crippen molar-refractivity contribution >= 4 is 6.29 Å². The zero-order chi connectivity index (χ0) is 9.40. The molecule has 0 saturated carbocycles. The molecule has 0 fully saturated rings. The van der Waals surface area contributed by atoms with Crippen LogP contribution >= 0.6 is 0 Å². The smallest absolute Gasteiger partial charge is 0.124 e. The van der Waals surface area contributed by atoms with Crippen molar-refractivity contribution in [1.29, 1.82) is 0 Å². The van der Waals surface area contributed by atoms with E-state index in [1.807, 2.05) is 13.0 Å². The standard InChI is InChI=1S/C11H18O/c1-4-11(8-9-12)7-5-6-10(2)3/h4,6,9H,5,7-8H2,1-3H3/b11-4+. The molecule has 0 unspecified atom stereocenters. The fraction of sp³-hybridized carbons (Fsp3) is 0.545. The van der Waals surface area contributed by atoms with Gasteiger partial charge >= 0.3 is 0 Å². The highest BCUT2D eigenvalue weighted by atomic mass is 16.1. The maximum atomic E-state index is 10.2. The van der Waals surface area contributed by atoms with E-state index in [1.54, 1.807) is 0 Å². The van der Waals surface area contributed by atoms with Crippen molar-refractivity contribution in [2.45, 2.75) is 40.0 Å². The quantitative estimate of drug-likeness (QED) is 0.452. The topological polar surface area (TPSA) is 17.1 Å². The molecule has 0 aliphatic heterocycles. The summed E-state index contributed by atoms with van der Waals surface area (Å²) in [4.78, 5) is 10.2. The Labute approximate surface area is 75.2 Å². The Bertz CT molecular complexity index is 183. The molecule has 0 aromatic rings. The van der Waals surface area contributed by atoms with E-state index in [0.717, 1.165) is 19.1 Å². The predicted octanol–water partition coefficient (Wildman–Crippen LogP) is 3.27. The Morgan fingerprint density at radius 2 is 2.00 bits per heavy atom. The number of hydrogen-bond donors (Lipinski definition) is 0. The Kier molecular flexibility index (Phi) is 6.35. The maximum Gasteiger partial charge on any atom is 0.124 e. The van der Waals surface area contributed by atoms with Crippen LogP contribution in [0, 0.1) is 0 Å². The Morgan fingerprint density at radius 1 is 1.33 bits per heavy atom. The molecule has 0 N–H and O–H groups in total. The molecule has 0 bridgehead atoms. The maximum absolute atomic E-state index is 10.2. The highest BCUT2D eigenvalue weighted by molar-refractivity contribution is 5.54. The normalized spacial score (nSPS) is 11.1. The third kappa shape index (κ3) is 5.90. The number of carbonyl (C=O) groups excluding carboxylic acids is 1. The lowest BCUT2D eigenvalue weighted by atomic mass is 10.1. The van der Waals surface area contributed by atoms with E-state index in [0.29, 0.717) is 6.42 Å². The van der Waals surface area contributed by atoms with Crippen LogP contribution in [0.15, 0.2) is 23.3 Å². The molecular formula is C11H18O. The van der Waals surface area contributed by atoms with Gasteiger partial charge in [0.2, 0.25) is 0 Å². The van der Waals surface area contributed by atoms with Crippen LogP contribution in [-0.2, 0) is 4.79 Å². The van der Waals surface area contributed by atoms with Crippen LogP contribution in [0.2, 0.25) is 0 Å². The summed E-state index contributed by atoms with van der Waals surface area (Å²) in [7, 11) is 0. The molecule has 1 nitrogen and oxygen atoms in total. The average Bonchev–Trinajstić information content (AvgIpc) is 2.02. The van der Waals surface area contributed by atoms with Gasteiger partial charge in [-0.25, -0.2) is 0 Å². The summed E-state index contributed by atoms with van der Waals surface area (Å²) < 4.78 is 0. The lowest BCUT2D eigenvalue weighted by Gasteiger charge is -1.99. The summed E-state index contributed by atoms with van der Waals surface area (Å²) in [5, 5.41) is 0. The van der Waals surface area contributed by atoms with Crippen molar-refractivity contribution in [2.75, 3.05) is 0 Å². The van der Waals surface area contributed by atoms with Gasteiger partial charge in [0.25, 0.3) is 0 Å². The predicted molar refractivity (Wildman–Crippen MR) is 53.1 cm³/mol. The van der Waals surface area contributed by atoms with Crippen LogP contribution in [0.3, 0.4) is 0 Å². The van der Waals surface area contributed by atoms with Crippen LogP contribution in [0.1, 0.15) is 40.0 Å². The molecule has 0 saturated heterocycles. The second-order valence-corrected chi connectivity index (χ2v) is 3.14. The molecule has 1 heteroatoms. The van der Waals surface area contributed by atoms with Crippen LogP contribution in [-0.4, -0.2) is 6.29 Å². The van der Waals surface area contributed by atoms with Crippen molar-refractivity contribution in [3.8, 4) is 0 Å². The van der Waals surface area contributed by atoms with E-state index in [9.17, 15) is 4.79 Å². The number of allylic oxidation sites excluding steroid dienone is 4. The fourth-order valence-corrected chi connectivity index (χ4v) is 1.02. The summed E-state index contributed by atoms with van der Waals surface area (Å²) in [5.74, 6) is 0. The van der Waals surface area contributed by atoms with Gasteiger partial charge in [0.1, 0.15) is 6.29 Å². The average molecular weight is 166 g/mol. The molecule has 0 aliphatic carbocycles. The molecule has 68 valence electrons. The summed E-state index contributed by atoms with van der Waals surface area (Å²) >= 11 is 0. The van der Waals surface area contributed by atoms with Gasteiger partial charge in [-0.1, -0.05) is 23.3 Å². The van der Waals surface area contributed by atoms with Gasteiger partial charge < -0.3 is 4.79 Å². The first-order valence-electron chi connectivity index (χ1n) is 4.41. The van der Waals surface area contributed by atoms with Crippen molar-refractivity contribution in [2.24, 2.45) is 0 Å². The number of aldehydes is 1. The van der Waals surface area contributed by atoms with E-state index < -0.39 is 0 Å². The molecule has 0 atom stereocenters. The Balaban J connectivity index is 3.74. The molecule has 0 amide bonds. The van der Waals surface area contributed by atoms with E-state index >= 15 is 0 Å². The van der Waals surface area contributed by atoms with Gasteiger partial charge in [-0.05, 0) is 33.6 Å². The van der Waals surface area contributed by atoms with Gasteiger partial charge in [-0.15, -0.1) is 0 Å². The van der Waals surface area contributed by atoms with Crippen LogP contribution in [0.25, 0.3) is 0 Å². The van der Waals surface area contributed by atoms with Gasteiger partial charge in [-0.3, -0.25) is 0 Å². The third-order valence-electron chi connectivity index (χ3n) is 1.77. The molecular weight excluding hydrogens is 148 g/mol. The minimum absolute atomic E-state index is 0.590. The zero-order valence-corrected chi connectivity index (χ0v) is 8.26. The monoisotopic (exact) mass is 166 g/mol. The van der Waals surface area contributed by atoms with Crippen molar-refractivity contribution in [3.05, 3.63) is 23.3 Å². The highest BCUT2D eigenvalue weighted by Crippen LogP contribution is 2.09. The van der Waals surface area contributed by atoms with Crippen LogP contribution in [0.5, 0.6) is 0 Å². The van der Waals surface area contributed by atoms with Crippen molar-refractivity contribution in [1.82, 2.24) is 0 Å². The largest absolute Gasteiger partial charge is 0.303 e. The molecule has 0 rings (SSSR count). The first kappa shape index (κ1) is 11.2. The lowest BCUT2D eigenvalue weighted by Crippen LogP contribution is -1.84. The fourth-order valence-electron chi connectivity index (χ4n) is 1.02. The molecule has 0 aromatic heterocycles. The summed E-state index contributed by atoms with van der Waals surface area (Å²) in [6, 6.07) is 0. The molecule has 0 heterocycles. The van der Waals surface area contributed by atoms with Gasteiger partial charge in [0.05, 0.1) is 0 Å². The minimum Gasteiger partial charge on any atom is -0.303 e.